The molecule has 1 aromatic carbocycles. The molecule has 6 heteroatoms. The Balaban J connectivity index is 1.57. The average molecular weight is 262 g/mol. The number of fused-ring (bicyclic) bond motifs is 1. The van der Waals surface area contributed by atoms with Crippen LogP contribution in [-0.2, 0) is 12.8 Å². The van der Waals surface area contributed by atoms with Crippen LogP contribution in [0.1, 0.15) is 11.1 Å². The fraction of sp³-hybridized carbons (Fsp3) is 0.333. The monoisotopic (exact) mass is 262 g/mol. The molecular weight excluding hydrogens is 248 g/mol. The zero-order valence-corrected chi connectivity index (χ0v) is 10.7. The van der Waals surface area contributed by atoms with Crippen molar-refractivity contribution in [2.45, 2.75) is 18.0 Å². The fourth-order valence-electron chi connectivity index (χ4n) is 1.98. The first kappa shape index (κ1) is 11.4. The summed E-state index contributed by atoms with van der Waals surface area (Å²) >= 11 is 1.60. The van der Waals surface area contributed by atoms with Gasteiger partial charge in [-0.3, -0.25) is 0 Å². The minimum absolute atomic E-state index is 0.368. The van der Waals surface area contributed by atoms with Crippen LogP contribution in [-0.4, -0.2) is 27.5 Å². The molecule has 2 aromatic rings. The van der Waals surface area contributed by atoms with Crippen molar-refractivity contribution in [3.63, 3.8) is 0 Å². The normalized spacial score (nSPS) is 13.3. The molecule has 0 unspecified atom stereocenters. The number of hydrogen-bond acceptors (Lipinski definition) is 5. The number of nitrogens with one attached hydrogen (secondary N) is 1. The third-order valence-electron chi connectivity index (χ3n) is 2.86. The van der Waals surface area contributed by atoms with Gasteiger partial charge in [-0.1, -0.05) is 23.9 Å². The van der Waals surface area contributed by atoms with E-state index < -0.39 is 0 Å². The minimum atomic E-state index is 0.368. The lowest BCUT2D eigenvalue weighted by Gasteiger charge is -2.03. The van der Waals surface area contributed by atoms with E-state index in [0.717, 1.165) is 31.0 Å². The number of aromatic amines is 1. The van der Waals surface area contributed by atoms with Crippen LogP contribution in [0.2, 0.25) is 0 Å². The fourth-order valence-corrected chi connectivity index (χ4v) is 2.77. The first-order valence-corrected chi connectivity index (χ1v) is 6.85. The molecule has 0 amide bonds. The van der Waals surface area contributed by atoms with E-state index in [-0.39, 0.29) is 0 Å². The van der Waals surface area contributed by atoms with E-state index in [1.165, 1.54) is 11.1 Å². The van der Waals surface area contributed by atoms with Gasteiger partial charge in [0, 0.05) is 12.2 Å². The Hall–Kier alpha value is -1.69. The van der Waals surface area contributed by atoms with Crippen LogP contribution in [0.25, 0.3) is 0 Å². The molecule has 94 valence electrons. The molecule has 1 aliphatic heterocycles. The van der Waals surface area contributed by atoms with Gasteiger partial charge in [0.1, 0.15) is 5.75 Å². The molecule has 0 fully saturated rings. The number of rotatable bonds is 4. The Kier molecular flexibility index (Phi) is 3.10. The van der Waals surface area contributed by atoms with Crippen molar-refractivity contribution in [2.24, 2.45) is 0 Å². The zero-order valence-electron chi connectivity index (χ0n) is 9.85. The predicted molar refractivity (Wildman–Crippen MR) is 70.9 cm³/mol. The molecule has 0 spiro atoms. The molecule has 0 bridgehead atoms. The van der Waals surface area contributed by atoms with Crippen molar-refractivity contribution >= 4 is 17.7 Å². The van der Waals surface area contributed by atoms with Crippen LogP contribution in [0.3, 0.4) is 0 Å². The van der Waals surface area contributed by atoms with Gasteiger partial charge in [-0.05, 0) is 23.6 Å². The predicted octanol–water partition coefficient (Wildman–Crippen LogP) is 1.66. The first-order valence-electron chi connectivity index (χ1n) is 5.86. The number of ether oxygens (including phenoxy) is 1. The van der Waals surface area contributed by atoms with E-state index in [9.17, 15) is 0 Å². The Morgan fingerprint density at radius 2 is 2.39 bits per heavy atom. The van der Waals surface area contributed by atoms with E-state index in [0.29, 0.717) is 11.1 Å². The van der Waals surface area contributed by atoms with Crippen LogP contribution in [0.4, 0.5) is 5.95 Å². The summed E-state index contributed by atoms with van der Waals surface area (Å²) in [6.45, 7) is 0.810. The van der Waals surface area contributed by atoms with Gasteiger partial charge in [0.15, 0.2) is 0 Å². The summed E-state index contributed by atoms with van der Waals surface area (Å²) in [4.78, 5) is 4.05. The highest BCUT2D eigenvalue weighted by atomic mass is 32.2. The van der Waals surface area contributed by atoms with E-state index in [4.69, 9.17) is 10.5 Å². The highest BCUT2D eigenvalue weighted by Gasteiger charge is 2.11. The van der Waals surface area contributed by atoms with Crippen LogP contribution in [0.15, 0.2) is 23.4 Å². The van der Waals surface area contributed by atoms with Gasteiger partial charge in [-0.15, -0.1) is 5.10 Å². The van der Waals surface area contributed by atoms with Crippen molar-refractivity contribution in [3.8, 4) is 5.75 Å². The van der Waals surface area contributed by atoms with Crippen LogP contribution in [0, 0.1) is 0 Å². The van der Waals surface area contributed by atoms with Gasteiger partial charge in [-0.2, -0.15) is 4.98 Å². The lowest BCUT2D eigenvalue weighted by atomic mass is 10.1. The number of H-pyrrole nitrogens is 1. The Bertz CT molecular complexity index is 555. The van der Waals surface area contributed by atoms with Crippen molar-refractivity contribution in [1.82, 2.24) is 15.2 Å². The molecule has 0 saturated carbocycles. The van der Waals surface area contributed by atoms with Crippen molar-refractivity contribution < 1.29 is 4.74 Å². The van der Waals surface area contributed by atoms with Gasteiger partial charge in [-0.25, -0.2) is 5.10 Å². The minimum Gasteiger partial charge on any atom is -0.493 e. The number of hydrogen-bond donors (Lipinski definition) is 2. The average Bonchev–Trinajstić information content (AvgIpc) is 2.97. The topological polar surface area (TPSA) is 76.8 Å². The lowest BCUT2D eigenvalue weighted by molar-refractivity contribution is 0.357. The number of thioether (sulfide) groups is 1. The molecule has 2 heterocycles. The second-order valence-corrected chi connectivity index (χ2v) is 5.20. The molecule has 18 heavy (non-hydrogen) atoms. The molecule has 5 nitrogen and oxygen atoms in total. The van der Waals surface area contributed by atoms with E-state index in [2.05, 4.69) is 33.4 Å². The number of aryl methyl sites for hydroxylation is 1. The molecule has 1 aliphatic rings. The third kappa shape index (κ3) is 2.43. The Morgan fingerprint density at radius 1 is 1.44 bits per heavy atom. The Morgan fingerprint density at radius 3 is 3.22 bits per heavy atom. The molecular formula is C12H14N4OS. The van der Waals surface area contributed by atoms with Crippen LogP contribution in [0.5, 0.6) is 5.75 Å². The maximum Gasteiger partial charge on any atom is 0.216 e. The number of aromatic nitrogens is 3. The standard InChI is InChI=1S/C12H14N4OS/c13-11-14-12(16-15-11)18-6-4-8-1-2-10-9(7-8)3-5-17-10/h1-2,7H,3-6H2,(H3,13,14,15,16). The number of nitrogen functional groups attached to an aromatic ring is 1. The van der Waals surface area contributed by atoms with E-state index in [1.807, 2.05) is 0 Å². The maximum absolute atomic E-state index is 5.49. The highest BCUT2D eigenvalue weighted by molar-refractivity contribution is 7.99. The second-order valence-electron chi connectivity index (χ2n) is 4.14. The maximum atomic E-state index is 5.49. The molecule has 0 radical (unpaired) electrons. The third-order valence-corrected chi connectivity index (χ3v) is 3.71. The van der Waals surface area contributed by atoms with Crippen molar-refractivity contribution in [3.05, 3.63) is 29.3 Å². The van der Waals surface area contributed by atoms with E-state index in [1.54, 1.807) is 11.8 Å². The quantitative estimate of drug-likeness (QED) is 0.819. The van der Waals surface area contributed by atoms with Crippen LogP contribution >= 0.6 is 11.8 Å². The summed E-state index contributed by atoms with van der Waals surface area (Å²) < 4.78 is 5.49. The van der Waals surface area contributed by atoms with Gasteiger partial charge >= 0.3 is 0 Å². The second kappa shape index (κ2) is 4.89. The number of nitrogens with zero attached hydrogens (tertiary/aromatic N) is 2. The van der Waals surface area contributed by atoms with Gasteiger partial charge < -0.3 is 10.5 Å². The summed E-state index contributed by atoms with van der Waals surface area (Å²) in [6.07, 6.45) is 2.01. The summed E-state index contributed by atoms with van der Waals surface area (Å²) in [7, 11) is 0. The van der Waals surface area contributed by atoms with Crippen molar-refractivity contribution in [1.29, 1.82) is 0 Å². The SMILES string of the molecule is Nc1nc(SCCc2ccc3c(c2)CCO3)n[nH]1. The van der Waals surface area contributed by atoms with Gasteiger partial charge in [0.25, 0.3) is 0 Å². The molecule has 1 aromatic heterocycles. The largest absolute Gasteiger partial charge is 0.493 e. The van der Waals surface area contributed by atoms with Gasteiger partial charge in [0.2, 0.25) is 11.1 Å². The summed E-state index contributed by atoms with van der Waals surface area (Å²) in [5.74, 6) is 2.34. The first-order chi connectivity index (χ1) is 8.81. The van der Waals surface area contributed by atoms with Crippen LogP contribution < -0.4 is 10.5 Å². The number of anilines is 1. The lowest BCUT2D eigenvalue weighted by Crippen LogP contribution is -1.91. The Labute approximate surface area is 109 Å². The molecule has 0 aliphatic carbocycles. The zero-order chi connectivity index (χ0) is 12.4. The molecule has 0 atom stereocenters. The van der Waals surface area contributed by atoms with Gasteiger partial charge in [0.05, 0.1) is 6.61 Å². The number of nitrogens with two attached hydrogens (primary N) is 1. The highest BCUT2D eigenvalue weighted by Crippen LogP contribution is 2.26. The molecule has 3 rings (SSSR count). The van der Waals surface area contributed by atoms with E-state index >= 15 is 0 Å². The summed E-state index contributed by atoms with van der Waals surface area (Å²) in [6, 6.07) is 6.42. The smallest absolute Gasteiger partial charge is 0.216 e. The number of benzene rings is 1. The summed E-state index contributed by atoms with van der Waals surface area (Å²) in [5.41, 5.74) is 8.11. The van der Waals surface area contributed by atoms with Crippen molar-refractivity contribution in [2.75, 3.05) is 18.1 Å². The summed E-state index contributed by atoms with van der Waals surface area (Å²) in [5, 5.41) is 7.32. The molecule has 3 N–H and O–H groups in total. The molecule has 0 saturated heterocycles.